The second-order valence-corrected chi connectivity index (χ2v) is 6.03. The molecular weight excluding hydrogens is 333 g/mol. The molecule has 3 rings (SSSR count). The molecule has 1 aliphatic heterocycles. The normalized spacial score (nSPS) is 15.2. The van der Waals surface area contributed by atoms with Crippen LogP contribution in [-0.2, 0) is 0 Å². The van der Waals surface area contributed by atoms with E-state index in [0.29, 0.717) is 38.3 Å². The highest BCUT2D eigenvalue weighted by Crippen LogP contribution is 2.21. The molecule has 5 nitrogen and oxygen atoms in total. The van der Waals surface area contributed by atoms with E-state index >= 15 is 0 Å². The Morgan fingerprint density at radius 3 is 2.33 bits per heavy atom. The van der Waals surface area contributed by atoms with Crippen LogP contribution in [0.5, 0.6) is 0 Å². The van der Waals surface area contributed by atoms with Gasteiger partial charge in [0, 0.05) is 32.4 Å². The van der Waals surface area contributed by atoms with E-state index in [1.165, 1.54) is 18.2 Å². The van der Waals surface area contributed by atoms with Crippen molar-refractivity contribution in [1.82, 2.24) is 14.8 Å². The number of halogens is 2. The number of nitrogens with one attached hydrogen (secondary N) is 1. The fourth-order valence-corrected chi connectivity index (χ4v) is 3.06. The Hall–Kier alpha value is -2.34. The van der Waals surface area contributed by atoms with Crippen molar-refractivity contribution in [3.05, 3.63) is 58.6 Å². The van der Waals surface area contributed by atoms with Crippen LogP contribution in [0.25, 0.3) is 0 Å². The van der Waals surface area contributed by atoms with Crippen molar-refractivity contribution in [2.75, 3.05) is 26.2 Å². The highest BCUT2D eigenvalue weighted by molar-refractivity contribution is 6.33. The van der Waals surface area contributed by atoms with Crippen LogP contribution in [0, 0.1) is 5.82 Å². The standard InChI is InChI=1S/C17H17ClFN3O2/c18-12-4-1-5-13(19)15(12)17(24)22-9-3-8-21(10-11-22)16(23)14-6-2-7-20-14/h1-2,4-7,20H,3,8-11H2. The molecule has 2 amide bonds. The summed E-state index contributed by atoms with van der Waals surface area (Å²) in [6.45, 7) is 1.75. The average Bonchev–Trinajstić information content (AvgIpc) is 2.98. The minimum Gasteiger partial charge on any atom is -0.357 e. The smallest absolute Gasteiger partial charge is 0.270 e. The first-order valence-electron chi connectivity index (χ1n) is 7.74. The Balaban J connectivity index is 1.71. The molecule has 1 N–H and O–H groups in total. The fraction of sp³-hybridized carbons (Fsp3) is 0.294. The molecule has 0 unspecified atom stereocenters. The summed E-state index contributed by atoms with van der Waals surface area (Å²) in [4.78, 5) is 31.1. The summed E-state index contributed by atoms with van der Waals surface area (Å²) in [5, 5.41) is 0.101. The van der Waals surface area contributed by atoms with Crippen molar-refractivity contribution < 1.29 is 14.0 Å². The maximum atomic E-state index is 13.9. The van der Waals surface area contributed by atoms with Crippen molar-refractivity contribution in [1.29, 1.82) is 0 Å². The molecule has 126 valence electrons. The summed E-state index contributed by atoms with van der Waals surface area (Å²) >= 11 is 5.97. The molecule has 0 atom stereocenters. The number of aromatic amines is 1. The van der Waals surface area contributed by atoms with E-state index < -0.39 is 11.7 Å². The number of nitrogens with zero attached hydrogens (tertiary/aromatic N) is 2. The SMILES string of the molecule is O=C(c1ccc[nH]1)N1CCCN(C(=O)c2c(F)cccc2Cl)CC1. The van der Waals surface area contributed by atoms with Gasteiger partial charge < -0.3 is 14.8 Å². The van der Waals surface area contributed by atoms with Gasteiger partial charge in [-0.3, -0.25) is 9.59 Å². The van der Waals surface area contributed by atoms with Crippen LogP contribution in [0.2, 0.25) is 5.02 Å². The maximum absolute atomic E-state index is 13.9. The molecular formula is C17H17ClFN3O2. The van der Waals surface area contributed by atoms with Crippen LogP contribution in [-0.4, -0.2) is 52.8 Å². The van der Waals surface area contributed by atoms with Gasteiger partial charge in [0.05, 0.1) is 10.6 Å². The van der Waals surface area contributed by atoms with Crippen LogP contribution in [0.15, 0.2) is 36.5 Å². The molecule has 1 aromatic carbocycles. The van der Waals surface area contributed by atoms with E-state index in [1.807, 2.05) is 0 Å². The summed E-state index contributed by atoms with van der Waals surface area (Å²) in [6, 6.07) is 7.67. The van der Waals surface area contributed by atoms with Crippen LogP contribution >= 0.6 is 11.6 Å². The van der Waals surface area contributed by atoms with Gasteiger partial charge in [0.15, 0.2) is 0 Å². The molecule has 1 saturated heterocycles. The van der Waals surface area contributed by atoms with E-state index in [2.05, 4.69) is 4.98 Å². The van der Waals surface area contributed by atoms with Gasteiger partial charge >= 0.3 is 0 Å². The number of H-pyrrole nitrogens is 1. The Morgan fingerprint density at radius 2 is 1.71 bits per heavy atom. The summed E-state index contributed by atoms with van der Waals surface area (Å²) in [7, 11) is 0. The van der Waals surface area contributed by atoms with Crippen molar-refractivity contribution in [3.8, 4) is 0 Å². The van der Waals surface area contributed by atoms with Gasteiger partial charge in [-0.25, -0.2) is 4.39 Å². The number of amides is 2. The lowest BCUT2D eigenvalue weighted by Crippen LogP contribution is -2.37. The number of benzene rings is 1. The Bertz CT molecular complexity index is 728. The number of hydrogen-bond acceptors (Lipinski definition) is 2. The molecule has 24 heavy (non-hydrogen) atoms. The van der Waals surface area contributed by atoms with Gasteiger partial charge in [0.1, 0.15) is 11.5 Å². The first kappa shape index (κ1) is 16.5. The van der Waals surface area contributed by atoms with Crippen LogP contribution in [0.1, 0.15) is 27.3 Å². The first-order chi connectivity index (χ1) is 11.6. The Morgan fingerprint density at radius 1 is 1.00 bits per heavy atom. The molecule has 1 fully saturated rings. The highest BCUT2D eigenvalue weighted by atomic mass is 35.5. The highest BCUT2D eigenvalue weighted by Gasteiger charge is 2.26. The summed E-state index contributed by atoms with van der Waals surface area (Å²) in [6.07, 6.45) is 2.32. The maximum Gasteiger partial charge on any atom is 0.270 e. The third-order valence-corrected chi connectivity index (χ3v) is 4.39. The predicted octanol–water partition coefficient (Wildman–Crippen LogP) is 2.80. The minimum atomic E-state index is -0.629. The summed E-state index contributed by atoms with van der Waals surface area (Å²) in [5.74, 6) is -1.17. The van der Waals surface area contributed by atoms with Gasteiger partial charge in [-0.15, -0.1) is 0 Å². The fourth-order valence-electron chi connectivity index (χ4n) is 2.82. The lowest BCUT2D eigenvalue weighted by atomic mass is 10.1. The Labute approximate surface area is 144 Å². The molecule has 0 bridgehead atoms. The molecule has 1 aliphatic rings. The van der Waals surface area contributed by atoms with Gasteiger partial charge in [0.25, 0.3) is 11.8 Å². The van der Waals surface area contributed by atoms with E-state index in [4.69, 9.17) is 11.6 Å². The van der Waals surface area contributed by atoms with E-state index in [0.717, 1.165) is 0 Å². The van der Waals surface area contributed by atoms with Gasteiger partial charge in [-0.1, -0.05) is 17.7 Å². The zero-order valence-corrected chi connectivity index (χ0v) is 13.7. The van der Waals surface area contributed by atoms with Crippen LogP contribution in [0.3, 0.4) is 0 Å². The van der Waals surface area contributed by atoms with Gasteiger partial charge in [-0.05, 0) is 30.7 Å². The van der Waals surface area contributed by atoms with Crippen molar-refractivity contribution >= 4 is 23.4 Å². The largest absolute Gasteiger partial charge is 0.357 e. The first-order valence-corrected chi connectivity index (χ1v) is 8.11. The molecule has 0 radical (unpaired) electrons. The van der Waals surface area contributed by atoms with Crippen LogP contribution in [0.4, 0.5) is 4.39 Å². The third-order valence-electron chi connectivity index (χ3n) is 4.08. The number of carbonyl (C=O) groups excluding carboxylic acids is 2. The quantitative estimate of drug-likeness (QED) is 0.906. The monoisotopic (exact) mass is 349 g/mol. The molecule has 2 aromatic rings. The van der Waals surface area contributed by atoms with E-state index in [1.54, 1.807) is 28.1 Å². The van der Waals surface area contributed by atoms with Crippen molar-refractivity contribution in [3.63, 3.8) is 0 Å². The minimum absolute atomic E-state index is 0.0989. The van der Waals surface area contributed by atoms with Crippen LogP contribution < -0.4 is 0 Å². The lowest BCUT2D eigenvalue weighted by Gasteiger charge is -2.22. The third kappa shape index (κ3) is 3.28. The molecule has 1 aromatic heterocycles. The van der Waals surface area contributed by atoms with E-state index in [9.17, 15) is 14.0 Å². The molecule has 2 heterocycles. The lowest BCUT2D eigenvalue weighted by molar-refractivity contribution is 0.0713. The summed E-state index contributed by atoms with van der Waals surface area (Å²) < 4.78 is 13.9. The summed E-state index contributed by atoms with van der Waals surface area (Å²) in [5.41, 5.74) is 0.412. The number of aromatic nitrogens is 1. The molecule has 0 aliphatic carbocycles. The second-order valence-electron chi connectivity index (χ2n) is 5.62. The number of rotatable bonds is 2. The van der Waals surface area contributed by atoms with Crippen molar-refractivity contribution in [2.24, 2.45) is 0 Å². The molecule has 7 heteroatoms. The van der Waals surface area contributed by atoms with E-state index in [-0.39, 0.29) is 16.5 Å². The molecule has 0 spiro atoms. The van der Waals surface area contributed by atoms with Crippen molar-refractivity contribution in [2.45, 2.75) is 6.42 Å². The zero-order valence-electron chi connectivity index (χ0n) is 13.0. The zero-order chi connectivity index (χ0) is 17.1. The molecule has 0 saturated carbocycles. The number of carbonyl (C=O) groups is 2. The Kier molecular flexibility index (Phi) is 4.85. The topological polar surface area (TPSA) is 56.4 Å². The number of hydrogen-bond donors (Lipinski definition) is 1. The second kappa shape index (κ2) is 7.05. The average molecular weight is 350 g/mol. The predicted molar refractivity (Wildman–Crippen MR) is 88.6 cm³/mol. The van der Waals surface area contributed by atoms with Gasteiger partial charge in [0.2, 0.25) is 0 Å². The van der Waals surface area contributed by atoms with Gasteiger partial charge in [-0.2, -0.15) is 0 Å².